The Morgan fingerprint density at radius 2 is 1.87 bits per heavy atom. The summed E-state index contributed by atoms with van der Waals surface area (Å²) in [5, 5.41) is 3.00. The molecule has 1 unspecified atom stereocenters. The van der Waals surface area contributed by atoms with Gasteiger partial charge in [-0.15, -0.1) is 0 Å². The summed E-state index contributed by atoms with van der Waals surface area (Å²) >= 11 is 0. The number of aryl methyl sites for hydroxylation is 2. The molecule has 7 nitrogen and oxygen atoms in total. The average molecular weight is 418 g/mol. The van der Waals surface area contributed by atoms with Gasteiger partial charge in [0, 0.05) is 62.4 Å². The number of likely N-dealkylation sites (tertiary alicyclic amines) is 1. The van der Waals surface area contributed by atoms with Crippen molar-refractivity contribution >= 4 is 11.8 Å². The SMILES string of the molecule is Cc1ccc(CN2CC(C(=O)NCCn3c(C)cnc3-c3ccncc3)CC2=O)cc1. The quantitative estimate of drug-likeness (QED) is 0.641. The molecule has 1 aromatic carbocycles. The Balaban J connectivity index is 1.31. The molecule has 1 N–H and O–H groups in total. The van der Waals surface area contributed by atoms with Crippen LogP contribution in [-0.2, 0) is 22.7 Å². The lowest BCUT2D eigenvalue weighted by atomic mass is 10.1. The predicted octanol–water partition coefficient (Wildman–Crippen LogP) is 2.73. The Labute approximate surface area is 182 Å². The molecule has 0 spiro atoms. The third-order valence-corrected chi connectivity index (χ3v) is 5.71. The summed E-state index contributed by atoms with van der Waals surface area (Å²) in [4.78, 5) is 35.4. The summed E-state index contributed by atoms with van der Waals surface area (Å²) in [6, 6.07) is 12.0. The van der Waals surface area contributed by atoms with Gasteiger partial charge in [0.2, 0.25) is 11.8 Å². The van der Waals surface area contributed by atoms with Crippen LogP contribution in [0.2, 0.25) is 0 Å². The van der Waals surface area contributed by atoms with Gasteiger partial charge in [0.1, 0.15) is 5.82 Å². The molecule has 1 saturated heterocycles. The van der Waals surface area contributed by atoms with E-state index >= 15 is 0 Å². The Bertz CT molecular complexity index is 1060. The van der Waals surface area contributed by atoms with Gasteiger partial charge in [-0.2, -0.15) is 0 Å². The van der Waals surface area contributed by atoms with Crippen LogP contribution in [0.15, 0.2) is 55.0 Å². The number of imidazole rings is 1. The monoisotopic (exact) mass is 417 g/mol. The van der Waals surface area contributed by atoms with Crippen molar-refractivity contribution in [1.29, 1.82) is 0 Å². The summed E-state index contributed by atoms with van der Waals surface area (Å²) < 4.78 is 2.08. The van der Waals surface area contributed by atoms with Crippen LogP contribution in [-0.4, -0.2) is 44.3 Å². The normalized spacial score (nSPS) is 16.0. The highest BCUT2D eigenvalue weighted by atomic mass is 16.2. The first-order chi connectivity index (χ1) is 15.0. The van der Waals surface area contributed by atoms with Crippen molar-refractivity contribution < 1.29 is 9.59 Å². The van der Waals surface area contributed by atoms with E-state index in [-0.39, 0.29) is 24.2 Å². The fourth-order valence-electron chi connectivity index (χ4n) is 3.92. The van der Waals surface area contributed by atoms with Crippen molar-refractivity contribution in [2.24, 2.45) is 5.92 Å². The summed E-state index contributed by atoms with van der Waals surface area (Å²) in [6.07, 6.45) is 5.58. The van der Waals surface area contributed by atoms with Crippen LogP contribution in [0.5, 0.6) is 0 Å². The van der Waals surface area contributed by atoms with E-state index in [2.05, 4.69) is 19.9 Å². The maximum atomic E-state index is 12.7. The van der Waals surface area contributed by atoms with Crippen LogP contribution in [0.4, 0.5) is 0 Å². The summed E-state index contributed by atoms with van der Waals surface area (Å²) in [6.45, 7) is 6.14. The second-order valence-corrected chi connectivity index (χ2v) is 8.06. The van der Waals surface area contributed by atoms with Crippen molar-refractivity contribution in [3.8, 4) is 11.4 Å². The number of carbonyl (C=O) groups is 2. The fourth-order valence-corrected chi connectivity index (χ4v) is 3.92. The van der Waals surface area contributed by atoms with E-state index in [0.717, 1.165) is 22.6 Å². The van der Waals surface area contributed by atoms with Crippen LogP contribution in [0, 0.1) is 19.8 Å². The lowest BCUT2D eigenvalue weighted by Gasteiger charge is -2.17. The first-order valence-electron chi connectivity index (χ1n) is 10.5. The Kier molecular flexibility index (Phi) is 6.11. The van der Waals surface area contributed by atoms with E-state index in [1.54, 1.807) is 17.3 Å². The van der Waals surface area contributed by atoms with Gasteiger partial charge in [-0.1, -0.05) is 29.8 Å². The number of rotatable bonds is 7. The number of nitrogens with zero attached hydrogens (tertiary/aromatic N) is 4. The number of carbonyl (C=O) groups excluding carboxylic acids is 2. The standard InChI is InChI=1S/C24H27N5O2/c1-17-3-5-19(6-4-17)15-28-16-21(13-22(28)30)24(31)26-11-12-29-18(2)14-27-23(29)20-7-9-25-10-8-20/h3-10,14,21H,11-13,15-16H2,1-2H3,(H,26,31). The van der Waals surface area contributed by atoms with Crippen LogP contribution in [0.25, 0.3) is 11.4 Å². The summed E-state index contributed by atoms with van der Waals surface area (Å²) in [7, 11) is 0. The molecule has 1 aliphatic heterocycles. The number of hydrogen-bond acceptors (Lipinski definition) is 4. The zero-order valence-corrected chi connectivity index (χ0v) is 17.9. The first-order valence-corrected chi connectivity index (χ1v) is 10.5. The molecule has 0 saturated carbocycles. The highest BCUT2D eigenvalue weighted by molar-refractivity contribution is 5.89. The number of amides is 2. The fraction of sp³-hybridized carbons (Fsp3) is 0.333. The molecule has 0 radical (unpaired) electrons. The van der Waals surface area contributed by atoms with Gasteiger partial charge >= 0.3 is 0 Å². The van der Waals surface area contributed by atoms with E-state index in [1.807, 2.05) is 56.4 Å². The van der Waals surface area contributed by atoms with Gasteiger partial charge in [0.25, 0.3) is 0 Å². The first kappa shape index (κ1) is 20.8. The number of pyridine rings is 1. The van der Waals surface area contributed by atoms with E-state index in [4.69, 9.17) is 0 Å². The van der Waals surface area contributed by atoms with E-state index in [0.29, 0.717) is 26.2 Å². The number of benzene rings is 1. The van der Waals surface area contributed by atoms with Crippen LogP contribution in [0.1, 0.15) is 23.2 Å². The zero-order chi connectivity index (χ0) is 21.8. The highest BCUT2D eigenvalue weighted by Gasteiger charge is 2.34. The van der Waals surface area contributed by atoms with E-state index in [9.17, 15) is 9.59 Å². The van der Waals surface area contributed by atoms with Crippen molar-refractivity contribution in [2.45, 2.75) is 33.4 Å². The topological polar surface area (TPSA) is 80.1 Å². The van der Waals surface area contributed by atoms with Crippen molar-refractivity contribution in [3.05, 3.63) is 71.8 Å². The van der Waals surface area contributed by atoms with Gasteiger partial charge in [0.05, 0.1) is 5.92 Å². The second-order valence-electron chi connectivity index (χ2n) is 8.06. The number of nitrogens with one attached hydrogen (secondary N) is 1. The van der Waals surface area contributed by atoms with Crippen molar-refractivity contribution in [2.75, 3.05) is 13.1 Å². The molecule has 0 aliphatic carbocycles. The third-order valence-electron chi connectivity index (χ3n) is 5.71. The van der Waals surface area contributed by atoms with Gasteiger partial charge in [0.15, 0.2) is 0 Å². The molecule has 1 aliphatic rings. The Morgan fingerprint density at radius 3 is 2.61 bits per heavy atom. The second kappa shape index (κ2) is 9.12. The molecular weight excluding hydrogens is 390 g/mol. The molecule has 3 heterocycles. The molecule has 160 valence electrons. The Morgan fingerprint density at radius 1 is 1.13 bits per heavy atom. The molecule has 4 rings (SSSR count). The molecular formula is C24H27N5O2. The van der Waals surface area contributed by atoms with Crippen LogP contribution >= 0.6 is 0 Å². The maximum Gasteiger partial charge on any atom is 0.225 e. The maximum absolute atomic E-state index is 12.7. The van der Waals surface area contributed by atoms with Crippen LogP contribution in [0.3, 0.4) is 0 Å². The number of hydrogen-bond donors (Lipinski definition) is 1. The molecule has 0 bridgehead atoms. The van der Waals surface area contributed by atoms with Gasteiger partial charge in [-0.05, 0) is 31.5 Å². The smallest absolute Gasteiger partial charge is 0.225 e. The van der Waals surface area contributed by atoms with Crippen LogP contribution < -0.4 is 5.32 Å². The van der Waals surface area contributed by atoms with Crippen molar-refractivity contribution in [1.82, 2.24) is 24.8 Å². The van der Waals surface area contributed by atoms with Gasteiger partial charge < -0.3 is 14.8 Å². The average Bonchev–Trinajstić information content (AvgIpc) is 3.33. The highest BCUT2D eigenvalue weighted by Crippen LogP contribution is 2.21. The largest absolute Gasteiger partial charge is 0.354 e. The van der Waals surface area contributed by atoms with E-state index < -0.39 is 0 Å². The molecule has 3 aromatic rings. The minimum atomic E-state index is -0.304. The molecule has 2 aromatic heterocycles. The minimum Gasteiger partial charge on any atom is -0.354 e. The Hall–Kier alpha value is -3.48. The van der Waals surface area contributed by atoms with Crippen molar-refractivity contribution in [3.63, 3.8) is 0 Å². The van der Waals surface area contributed by atoms with Gasteiger partial charge in [-0.3, -0.25) is 14.6 Å². The molecule has 7 heteroatoms. The predicted molar refractivity (Wildman–Crippen MR) is 118 cm³/mol. The minimum absolute atomic E-state index is 0.0335. The number of aromatic nitrogens is 3. The summed E-state index contributed by atoms with van der Waals surface area (Å²) in [5.74, 6) is 0.519. The lowest BCUT2D eigenvalue weighted by molar-refractivity contribution is -0.129. The molecule has 2 amide bonds. The molecule has 1 atom stereocenters. The van der Waals surface area contributed by atoms with E-state index in [1.165, 1.54) is 5.56 Å². The zero-order valence-electron chi connectivity index (χ0n) is 17.9. The third kappa shape index (κ3) is 4.82. The van der Waals surface area contributed by atoms with Gasteiger partial charge in [-0.25, -0.2) is 4.98 Å². The molecule has 1 fully saturated rings. The molecule has 31 heavy (non-hydrogen) atoms. The summed E-state index contributed by atoms with van der Waals surface area (Å²) in [5.41, 5.74) is 4.29. The lowest BCUT2D eigenvalue weighted by Crippen LogP contribution is -2.34.